The molecule has 1 rings (SSSR count). The average molecular weight is 345 g/mol. The zero-order valence-electron chi connectivity index (χ0n) is 14.3. The van der Waals surface area contributed by atoms with Gasteiger partial charge in [-0.25, -0.2) is 0 Å². The van der Waals surface area contributed by atoms with E-state index in [0.29, 0.717) is 25.4 Å². The molecule has 0 aromatic heterocycles. The van der Waals surface area contributed by atoms with Crippen LogP contribution in [0.2, 0.25) is 0 Å². The predicted octanol–water partition coefficient (Wildman–Crippen LogP) is -0.0501. The van der Waals surface area contributed by atoms with Crippen LogP contribution in [-0.4, -0.2) is 84.5 Å². The Balaban J connectivity index is 2.52. The number of carbonyl (C=O) groups is 3. The van der Waals surface area contributed by atoms with Crippen LogP contribution in [-0.2, 0) is 19.1 Å². The third-order valence-electron chi connectivity index (χ3n) is 3.51. The Kier molecular flexibility index (Phi) is 8.40. The number of carbonyl (C=O) groups excluding carboxylic acids is 3. The molecule has 1 aliphatic rings. The molecule has 1 aliphatic heterocycles. The molecule has 0 aromatic rings. The highest BCUT2D eigenvalue weighted by atomic mass is 32.2. The predicted molar refractivity (Wildman–Crippen MR) is 90.2 cm³/mol. The summed E-state index contributed by atoms with van der Waals surface area (Å²) in [6.07, 6.45) is 0. The van der Waals surface area contributed by atoms with Gasteiger partial charge in [-0.1, -0.05) is 6.92 Å². The van der Waals surface area contributed by atoms with Gasteiger partial charge in [-0.05, 0) is 20.4 Å². The van der Waals surface area contributed by atoms with Crippen LogP contribution in [0.25, 0.3) is 0 Å². The average Bonchev–Trinajstić information content (AvgIpc) is 2.52. The van der Waals surface area contributed by atoms with Crippen molar-refractivity contribution in [1.82, 2.24) is 15.1 Å². The number of nitrogens with one attached hydrogen (secondary N) is 1. The van der Waals surface area contributed by atoms with Crippen LogP contribution in [0, 0.1) is 0 Å². The number of ether oxygens (including phenoxy) is 1. The maximum atomic E-state index is 12.4. The topological polar surface area (TPSA) is 79.0 Å². The van der Waals surface area contributed by atoms with E-state index >= 15 is 0 Å². The first-order valence-electron chi connectivity index (χ1n) is 7.86. The molecular formula is C15H27N3O4S. The van der Waals surface area contributed by atoms with E-state index in [0.717, 1.165) is 0 Å². The fourth-order valence-electron chi connectivity index (χ4n) is 2.29. The molecule has 0 aliphatic carbocycles. The van der Waals surface area contributed by atoms with Gasteiger partial charge >= 0.3 is 5.97 Å². The maximum absolute atomic E-state index is 12.4. The van der Waals surface area contributed by atoms with Crippen molar-refractivity contribution in [3.8, 4) is 0 Å². The van der Waals surface area contributed by atoms with Gasteiger partial charge in [-0.15, -0.1) is 11.8 Å². The highest BCUT2D eigenvalue weighted by molar-refractivity contribution is 8.00. The number of thioether (sulfide) groups is 1. The van der Waals surface area contributed by atoms with Crippen LogP contribution in [0.4, 0.5) is 0 Å². The Morgan fingerprint density at radius 3 is 2.61 bits per heavy atom. The highest BCUT2D eigenvalue weighted by Gasteiger charge is 2.30. The minimum Gasteiger partial charge on any atom is -0.468 e. The second-order valence-electron chi connectivity index (χ2n) is 5.75. The maximum Gasteiger partial charge on any atom is 0.320 e. The SMILES string of the molecule is CCN(CC(=O)NC(C)C)CC(=O)N1CCS[C@@H](C(=O)OC)C1. The van der Waals surface area contributed by atoms with Crippen molar-refractivity contribution in [3.05, 3.63) is 0 Å². The van der Waals surface area contributed by atoms with Gasteiger partial charge in [0.1, 0.15) is 5.25 Å². The lowest BCUT2D eigenvalue weighted by molar-refractivity contribution is -0.141. The molecule has 7 nitrogen and oxygen atoms in total. The van der Waals surface area contributed by atoms with Crippen molar-refractivity contribution in [2.24, 2.45) is 0 Å². The molecule has 23 heavy (non-hydrogen) atoms. The largest absolute Gasteiger partial charge is 0.468 e. The van der Waals surface area contributed by atoms with E-state index in [1.54, 1.807) is 9.80 Å². The summed E-state index contributed by atoms with van der Waals surface area (Å²) in [6.45, 7) is 7.69. The first-order valence-corrected chi connectivity index (χ1v) is 8.91. The van der Waals surface area contributed by atoms with Gasteiger partial charge in [0.15, 0.2) is 0 Å². The molecule has 1 saturated heterocycles. The number of rotatable bonds is 7. The first-order chi connectivity index (χ1) is 10.9. The molecule has 1 atom stereocenters. The molecule has 1 fully saturated rings. The Morgan fingerprint density at radius 2 is 2.04 bits per heavy atom. The van der Waals surface area contributed by atoms with Crippen LogP contribution < -0.4 is 5.32 Å². The standard InChI is InChI=1S/C15H27N3O4S/c1-5-17(9-13(19)16-11(2)3)10-14(20)18-6-7-23-12(8-18)15(21)22-4/h11-12H,5-10H2,1-4H3,(H,16,19)/t12-/m1/s1. The van der Waals surface area contributed by atoms with Crippen LogP contribution >= 0.6 is 11.8 Å². The quantitative estimate of drug-likeness (QED) is 0.652. The Hall–Kier alpha value is -1.28. The number of amides is 2. The molecule has 0 spiro atoms. The van der Waals surface area contributed by atoms with Crippen molar-refractivity contribution in [1.29, 1.82) is 0 Å². The number of methoxy groups -OCH3 is 1. The van der Waals surface area contributed by atoms with Crippen molar-refractivity contribution in [2.75, 3.05) is 45.6 Å². The minimum absolute atomic E-state index is 0.0570. The van der Waals surface area contributed by atoms with Crippen molar-refractivity contribution < 1.29 is 19.1 Å². The first kappa shape index (κ1) is 19.8. The molecule has 2 amide bonds. The lowest BCUT2D eigenvalue weighted by atomic mass is 10.3. The van der Waals surface area contributed by atoms with Gasteiger partial charge in [-0.2, -0.15) is 0 Å². The Morgan fingerprint density at radius 1 is 1.35 bits per heavy atom. The van der Waals surface area contributed by atoms with Gasteiger partial charge in [0, 0.05) is 24.9 Å². The summed E-state index contributed by atoms with van der Waals surface area (Å²) in [7, 11) is 1.36. The normalized spacial score (nSPS) is 18.2. The van der Waals surface area contributed by atoms with Gasteiger partial charge in [0.25, 0.3) is 0 Å². The molecule has 1 N–H and O–H groups in total. The molecule has 0 aromatic carbocycles. The number of likely N-dealkylation sites (N-methyl/N-ethyl adjacent to an activating group) is 1. The van der Waals surface area contributed by atoms with E-state index in [1.807, 2.05) is 20.8 Å². The number of esters is 1. The second-order valence-corrected chi connectivity index (χ2v) is 7.06. The van der Waals surface area contributed by atoms with E-state index in [4.69, 9.17) is 4.74 Å². The van der Waals surface area contributed by atoms with Gasteiger partial charge in [-0.3, -0.25) is 19.3 Å². The van der Waals surface area contributed by atoms with E-state index in [9.17, 15) is 14.4 Å². The fraction of sp³-hybridized carbons (Fsp3) is 0.800. The summed E-state index contributed by atoms with van der Waals surface area (Å²) >= 11 is 1.51. The number of hydrogen-bond acceptors (Lipinski definition) is 6. The second kappa shape index (κ2) is 9.77. The molecule has 0 bridgehead atoms. The zero-order valence-corrected chi connectivity index (χ0v) is 15.1. The van der Waals surface area contributed by atoms with E-state index in [2.05, 4.69) is 5.32 Å². The highest BCUT2D eigenvalue weighted by Crippen LogP contribution is 2.19. The molecule has 0 unspecified atom stereocenters. The molecule has 0 saturated carbocycles. The third-order valence-corrected chi connectivity index (χ3v) is 4.67. The lowest BCUT2D eigenvalue weighted by Gasteiger charge is -2.32. The van der Waals surface area contributed by atoms with E-state index in [-0.39, 0.29) is 42.2 Å². The smallest absolute Gasteiger partial charge is 0.320 e. The molecular weight excluding hydrogens is 318 g/mol. The van der Waals surface area contributed by atoms with Crippen LogP contribution in [0.1, 0.15) is 20.8 Å². The van der Waals surface area contributed by atoms with Gasteiger partial charge in [0.05, 0.1) is 20.2 Å². The Labute approximate surface area is 142 Å². The number of hydrogen-bond donors (Lipinski definition) is 1. The van der Waals surface area contributed by atoms with Crippen molar-refractivity contribution in [2.45, 2.75) is 32.1 Å². The van der Waals surface area contributed by atoms with E-state index in [1.165, 1.54) is 18.9 Å². The Bertz CT molecular complexity index is 431. The number of nitrogens with zero attached hydrogens (tertiary/aromatic N) is 2. The lowest BCUT2D eigenvalue weighted by Crippen LogP contribution is -2.50. The molecule has 0 radical (unpaired) electrons. The molecule has 132 valence electrons. The summed E-state index contributed by atoms with van der Waals surface area (Å²) in [5.74, 6) is 0.275. The molecule has 8 heteroatoms. The minimum atomic E-state index is -0.322. The summed E-state index contributed by atoms with van der Waals surface area (Å²) in [6, 6.07) is 0.0804. The van der Waals surface area contributed by atoms with E-state index < -0.39 is 0 Å². The van der Waals surface area contributed by atoms with Crippen molar-refractivity contribution in [3.63, 3.8) is 0 Å². The third kappa shape index (κ3) is 6.78. The zero-order chi connectivity index (χ0) is 17.4. The van der Waals surface area contributed by atoms with Gasteiger partial charge < -0.3 is 15.0 Å². The monoisotopic (exact) mass is 345 g/mol. The van der Waals surface area contributed by atoms with Crippen molar-refractivity contribution >= 4 is 29.5 Å². The van der Waals surface area contributed by atoms with Crippen LogP contribution in [0.3, 0.4) is 0 Å². The summed E-state index contributed by atoms with van der Waals surface area (Å²) in [5.41, 5.74) is 0. The van der Waals surface area contributed by atoms with Gasteiger partial charge in [0.2, 0.25) is 11.8 Å². The summed E-state index contributed by atoms with van der Waals surface area (Å²) in [5, 5.41) is 2.50. The van der Waals surface area contributed by atoms with Crippen LogP contribution in [0.5, 0.6) is 0 Å². The summed E-state index contributed by atoms with van der Waals surface area (Å²) in [4.78, 5) is 39.3. The fourth-order valence-corrected chi connectivity index (χ4v) is 3.42. The molecule has 1 heterocycles. The summed E-state index contributed by atoms with van der Waals surface area (Å²) < 4.78 is 4.75. The van der Waals surface area contributed by atoms with Crippen LogP contribution in [0.15, 0.2) is 0 Å².